The highest BCUT2D eigenvalue weighted by Gasteiger charge is 2.39. The zero-order valence-corrected chi connectivity index (χ0v) is 29.8. The maximum absolute atomic E-state index is 14.3. The van der Waals surface area contributed by atoms with E-state index in [-0.39, 0.29) is 24.3 Å². The predicted octanol–water partition coefficient (Wildman–Crippen LogP) is 8.04. The van der Waals surface area contributed by atoms with Crippen LogP contribution in [0.1, 0.15) is 68.4 Å². The minimum Gasteiger partial charge on any atom is -0.493 e. The number of para-hydroxylation sites is 1. The second-order valence-electron chi connectivity index (χ2n) is 13.8. The average molecular weight is 700 g/mol. The number of amides is 2. The lowest BCUT2D eigenvalue weighted by Crippen LogP contribution is -2.45. The van der Waals surface area contributed by atoms with Crippen molar-refractivity contribution in [3.8, 4) is 5.75 Å². The number of nitrogens with zero attached hydrogens (tertiary/aromatic N) is 1. The molecule has 0 fully saturated rings. The number of aryl methyl sites for hydroxylation is 1. The van der Waals surface area contributed by atoms with Gasteiger partial charge in [0.05, 0.1) is 13.0 Å². The minimum atomic E-state index is -1.12. The van der Waals surface area contributed by atoms with Crippen LogP contribution in [0.5, 0.6) is 5.75 Å². The molecule has 0 spiro atoms. The number of hydrogen-bond acceptors (Lipinski definition) is 5. The zero-order chi connectivity index (χ0) is 35.5. The number of fused-ring (bicyclic) bond motifs is 1. The van der Waals surface area contributed by atoms with Crippen molar-refractivity contribution >= 4 is 29.1 Å². The van der Waals surface area contributed by atoms with E-state index in [1.54, 1.807) is 29.2 Å². The summed E-state index contributed by atoms with van der Waals surface area (Å²) in [6.45, 7) is 8.76. The van der Waals surface area contributed by atoms with Crippen molar-refractivity contribution in [1.29, 1.82) is 0 Å². The topological polar surface area (TPSA) is 79.9 Å². The molecular formula is C41H47ClFN3O4. The second-order valence-corrected chi connectivity index (χ2v) is 14.3. The van der Waals surface area contributed by atoms with E-state index < -0.39 is 23.9 Å². The second kappa shape index (κ2) is 17.6. The lowest BCUT2D eigenvalue weighted by Gasteiger charge is -2.31. The maximum atomic E-state index is 14.3. The molecule has 0 saturated heterocycles. The Bertz CT molecular complexity index is 1730. The lowest BCUT2D eigenvalue weighted by atomic mass is 9.94. The molecule has 264 valence electrons. The van der Waals surface area contributed by atoms with E-state index in [4.69, 9.17) is 21.1 Å². The maximum Gasteiger partial charge on any atom is 0.256 e. The van der Waals surface area contributed by atoms with Crippen molar-refractivity contribution in [2.24, 2.45) is 5.41 Å². The molecule has 0 radical (unpaired) electrons. The van der Waals surface area contributed by atoms with Gasteiger partial charge in [0.25, 0.3) is 5.91 Å². The fourth-order valence-electron chi connectivity index (χ4n) is 6.05. The molecule has 5 rings (SSSR count). The van der Waals surface area contributed by atoms with E-state index in [0.29, 0.717) is 40.7 Å². The highest BCUT2D eigenvalue weighted by atomic mass is 35.5. The van der Waals surface area contributed by atoms with Crippen LogP contribution in [0.2, 0.25) is 5.02 Å². The molecule has 4 aromatic rings. The van der Waals surface area contributed by atoms with Crippen molar-refractivity contribution in [3.05, 3.63) is 130 Å². The summed E-state index contributed by atoms with van der Waals surface area (Å²) in [5, 5.41) is 6.77. The monoisotopic (exact) mass is 699 g/mol. The van der Waals surface area contributed by atoms with Gasteiger partial charge in [-0.25, -0.2) is 4.39 Å². The summed E-state index contributed by atoms with van der Waals surface area (Å²) in [6.07, 6.45) is 0.772. The van der Waals surface area contributed by atoms with Crippen molar-refractivity contribution in [3.63, 3.8) is 0 Å². The van der Waals surface area contributed by atoms with Gasteiger partial charge in [0.2, 0.25) is 5.91 Å². The summed E-state index contributed by atoms with van der Waals surface area (Å²) < 4.78 is 27.3. The Labute approximate surface area is 300 Å². The summed E-state index contributed by atoms with van der Waals surface area (Å²) in [4.78, 5) is 29.3. The summed E-state index contributed by atoms with van der Waals surface area (Å²) in [5.41, 5.74) is 3.54. The van der Waals surface area contributed by atoms with Crippen LogP contribution in [0.25, 0.3) is 0 Å². The predicted molar refractivity (Wildman–Crippen MR) is 197 cm³/mol. The van der Waals surface area contributed by atoms with E-state index in [1.165, 1.54) is 11.6 Å². The van der Waals surface area contributed by atoms with Crippen LogP contribution < -0.4 is 20.3 Å². The van der Waals surface area contributed by atoms with Gasteiger partial charge in [0, 0.05) is 40.5 Å². The van der Waals surface area contributed by atoms with Crippen LogP contribution in [0.3, 0.4) is 0 Å². The molecular weight excluding hydrogens is 653 g/mol. The van der Waals surface area contributed by atoms with Crippen molar-refractivity contribution in [2.45, 2.75) is 65.2 Å². The number of carbonyl (C=O) groups is 2. The molecule has 1 aliphatic rings. The molecule has 2 atom stereocenters. The quantitative estimate of drug-likeness (QED) is 0.123. The summed E-state index contributed by atoms with van der Waals surface area (Å²) >= 11 is 6.57. The largest absolute Gasteiger partial charge is 0.493 e. The first-order valence-electron chi connectivity index (χ1n) is 17.3. The van der Waals surface area contributed by atoms with Gasteiger partial charge in [0.1, 0.15) is 23.8 Å². The molecule has 7 nitrogen and oxygen atoms in total. The van der Waals surface area contributed by atoms with Gasteiger partial charge < -0.3 is 25.0 Å². The molecule has 9 heteroatoms. The number of halogens is 2. The molecule has 50 heavy (non-hydrogen) atoms. The van der Waals surface area contributed by atoms with Crippen molar-refractivity contribution in [2.75, 3.05) is 31.1 Å². The smallest absolute Gasteiger partial charge is 0.256 e. The van der Waals surface area contributed by atoms with E-state index >= 15 is 0 Å². The van der Waals surface area contributed by atoms with Crippen LogP contribution in [-0.4, -0.2) is 44.2 Å². The van der Waals surface area contributed by atoms with Crippen LogP contribution in [0, 0.1) is 11.2 Å². The van der Waals surface area contributed by atoms with Gasteiger partial charge in [0.15, 0.2) is 0 Å². The van der Waals surface area contributed by atoms with Crippen LogP contribution in [0.4, 0.5) is 10.1 Å². The van der Waals surface area contributed by atoms with E-state index in [1.807, 2.05) is 42.5 Å². The first-order chi connectivity index (χ1) is 24.1. The normalized spacial score (nSPS) is 16.1. The molecule has 0 aromatic heterocycles. The number of rotatable bonds is 15. The van der Waals surface area contributed by atoms with Gasteiger partial charge >= 0.3 is 0 Å². The average Bonchev–Trinajstić information content (AvgIpc) is 3.19. The van der Waals surface area contributed by atoms with Crippen molar-refractivity contribution in [1.82, 2.24) is 10.6 Å². The number of anilines is 1. The molecule has 0 aliphatic carbocycles. The fourth-order valence-corrected chi connectivity index (χ4v) is 6.23. The summed E-state index contributed by atoms with van der Waals surface area (Å²) in [5.74, 6) is -0.532. The third-order valence-electron chi connectivity index (χ3n) is 8.46. The lowest BCUT2D eigenvalue weighted by molar-refractivity contribution is -0.138. The van der Waals surface area contributed by atoms with Gasteiger partial charge in [-0.2, -0.15) is 0 Å². The Balaban J connectivity index is 1.32. The highest BCUT2D eigenvalue weighted by molar-refractivity contribution is 6.30. The van der Waals surface area contributed by atoms with Gasteiger partial charge in [-0.05, 0) is 73.7 Å². The molecule has 1 aliphatic heterocycles. The van der Waals surface area contributed by atoms with Crippen LogP contribution in [-0.2, 0) is 27.3 Å². The molecule has 0 saturated carbocycles. The molecule has 2 unspecified atom stereocenters. The molecule has 0 bridgehead atoms. The van der Waals surface area contributed by atoms with Gasteiger partial charge in [-0.1, -0.05) is 99.1 Å². The van der Waals surface area contributed by atoms with E-state index in [2.05, 4.69) is 55.7 Å². The Morgan fingerprint density at radius 2 is 1.64 bits per heavy atom. The molecule has 2 N–H and O–H groups in total. The molecule has 4 aromatic carbocycles. The van der Waals surface area contributed by atoms with Gasteiger partial charge in [-0.3, -0.25) is 9.59 Å². The zero-order valence-electron chi connectivity index (χ0n) is 29.1. The Morgan fingerprint density at radius 3 is 2.42 bits per heavy atom. The number of nitrogens with one attached hydrogen (secondary N) is 2. The Kier molecular flexibility index (Phi) is 13.0. The molecule has 1 heterocycles. The fraction of sp³-hybridized carbons (Fsp3) is 0.366. The highest BCUT2D eigenvalue weighted by Crippen LogP contribution is 2.43. The third kappa shape index (κ3) is 10.4. The number of benzene rings is 4. The van der Waals surface area contributed by atoms with Gasteiger partial charge in [-0.15, -0.1) is 0 Å². The van der Waals surface area contributed by atoms with E-state index in [9.17, 15) is 14.0 Å². The van der Waals surface area contributed by atoms with Crippen LogP contribution in [0.15, 0.2) is 97.1 Å². The Morgan fingerprint density at radius 1 is 0.920 bits per heavy atom. The number of hydrogen-bond donors (Lipinski definition) is 2. The number of ether oxygens (including phenoxy) is 2. The first kappa shape index (κ1) is 37.0. The molecule has 2 amide bonds. The van der Waals surface area contributed by atoms with E-state index in [0.717, 1.165) is 37.9 Å². The minimum absolute atomic E-state index is 0.00403. The standard InChI is InChI=1S/C41H47ClFN3O4/c1-41(2,3)28-46-35-21-20-31(42)25-33(35)39(50-37(40(46)48)26-38(47)45-27-30-16-7-9-18-34(30)43)32-17-8-10-19-36(32)49-24-12-23-44-22-11-15-29-13-5-4-6-14-29/h4-10,13-14,16-21,25,37,39,44H,11-12,15,22-24,26-28H2,1-3H3,(H,45,47). The number of carbonyl (C=O) groups excluding carboxylic acids is 2. The third-order valence-corrected chi connectivity index (χ3v) is 8.70. The first-order valence-corrected chi connectivity index (χ1v) is 17.7. The van der Waals surface area contributed by atoms with Crippen LogP contribution >= 0.6 is 11.6 Å². The van der Waals surface area contributed by atoms with Crippen molar-refractivity contribution < 1.29 is 23.5 Å². The summed E-state index contributed by atoms with van der Waals surface area (Å²) in [6, 6.07) is 29.8. The Hall–Kier alpha value is -4.24. The summed E-state index contributed by atoms with van der Waals surface area (Å²) in [7, 11) is 0. The SMILES string of the molecule is CC(C)(C)CN1C(=O)C(CC(=O)NCc2ccccc2F)OC(c2ccccc2OCCCNCCCc2ccccc2)c2cc(Cl)ccc21.